The molecule has 2 unspecified atom stereocenters. The second-order valence-corrected chi connectivity index (χ2v) is 5.15. The predicted octanol–water partition coefficient (Wildman–Crippen LogP) is 2.54. The van der Waals surface area contributed by atoms with Crippen molar-refractivity contribution >= 4 is 5.91 Å². The average Bonchev–Trinajstić information content (AvgIpc) is 2.37. The topological polar surface area (TPSA) is 55.1 Å². The largest absolute Gasteiger partial charge is 0.416 e. The average molecular weight is 286 g/mol. The Balaban J connectivity index is 2.34. The zero-order valence-electron chi connectivity index (χ0n) is 11.1. The van der Waals surface area contributed by atoms with Crippen molar-refractivity contribution in [1.82, 2.24) is 5.32 Å². The summed E-state index contributed by atoms with van der Waals surface area (Å²) >= 11 is 0. The molecule has 0 aromatic heterocycles. The first kappa shape index (κ1) is 14.8. The van der Waals surface area contributed by atoms with Crippen LogP contribution in [0.3, 0.4) is 0 Å². The van der Waals surface area contributed by atoms with Crippen molar-refractivity contribution in [2.24, 2.45) is 11.7 Å². The van der Waals surface area contributed by atoms with E-state index in [1.165, 1.54) is 6.07 Å². The van der Waals surface area contributed by atoms with Gasteiger partial charge in [-0.1, -0.05) is 6.07 Å². The van der Waals surface area contributed by atoms with Crippen molar-refractivity contribution in [3.05, 3.63) is 34.9 Å². The number of rotatable bonds is 2. The Labute approximate surface area is 115 Å². The van der Waals surface area contributed by atoms with Gasteiger partial charge >= 0.3 is 6.18 Å². The summed E-state index contributed by atoms with van der Waals surface area (Å²) in [6, 6.07) is 3.31. The monoisotopic (exact) mass is 286 g/mol. The minimum atomic E-state index is -4.35. The molecule has 2 rings (SSSR count). The third-order valence-electron chi connectivity index (χ3n) is 3.76. The van der Waals surface area contributed by atoms with Crippen LogP contribution < -0.4 is 11.1 Å². The molecule has 1 saturated heterocycles. The molecule has 3 N–H and O–H groups in total. The number of hydrogen-bond donors (Lipinski definition) is 2. The lowest BCUT2D eigenvalue weighted by atomic mass is 9.83. The highest BCUT2D eigenvalue weighted by atomic mass is 19.4. The second-order valence-electron chi connectivity index (χ2n) is 5.15. The van der Waals surface area contributed by atoms with Crippen LogP contribution in [0.15, 0.2) is 18.2 Å². The van der Waals surface area contributed by atoms with Crippen LogP contribution in [0.2, 0.25) is 0 Å². The summed E-state index contributed by atoms with van der Waals surface area (Å²) in [5.74, 6) is -0.791. The molecule has 0 aliphatic carbocycles. The number of amides is 1. The molecule has 0 saturated carbocycles. The lowest BCUT2D eigenvalue weighted by Crippen LogP contribution is -2.41. The van der Waals surface area contributed by atoms with E-state index in [0.29, 0.717) is 17.5 Å². The number of hydrogen-bond acceptors (Lipinski definition) is 2. The Hall–Kier alpha value is -1.56. The van der Waals surface area contributed by atoms with Gasteiger partial charge in [0.25, 0.3) is 0 Å². The molecule has 1 amide bonds. The van der Waals surface area contributed by atoms with Crippen LogP contribution in [0.4, 0.5) is 13.2 Å². The Kier molecular flexibility index (Phi) is 4.04. The van der Waals surface area contributed by atoms with Gasteiger partial charge in [0.2, 0.25) is 5.91 Å². The quantitative estimate of drug-likeness (QED) is 0.878. The molecule has 2 atom stereocenters. The van der Waals surface area contributed by atoms with Gasteiger partial charge in [-0.05, 0) is 49.6 Å². The van der Waals surface area contributed by atoms with Gasteiger partial charge in [0.15, 0.2) is 0 Å². The Morgan fingerprint density at radius 3 is 2.65 bits per heavy atom. The number of nitrogens with one attached hydrogen (secondary N) is 1. The fraction of sp³-hybridized carbons (Fsp3) is 0.500. The highest BCUT2D eigenvalue weighted by molar-refractivity contribution is 5.78. The van der Waals surface area contributed by atoms with Crippen LogP contribution in [-0.2, 0) is 11.0 Å². The van der Waals surface area contributed by atoms with Crippen LogP contribution in [-0.4, -0.2) is 12.5 Å². The summed E-state index contributed by atoms with van der Waals surface area (Å²) in [6.07, 6.45) is -2.86. The van der Waals surface area contributed by atoms with Gasteiger partial charge in [0, 0.05) is 6.04 Å². The molecular formula is C14H17F3N2O. The summed E-state index contributed by atoms with van der Waals surface area (Å²) in [5.41, 5.74) is 5.94. The first-order valence-electron chi connectivity index (χ1n) is 6.51. The number of primary amides is 1. The number of carbonyl (C=O) groups excluding carboxylic acids is 1. The second kappa shape index (κ2) is 5.44. The third kappa shape index (κ3) is 2.95. The summed E-state index contributed by atoms with van der Waals surface area (Å²) < 4.78 is 38.0. The summed E-state index contributed by atoms with van der Waals surface area (Å²) in [4.78, 5) is 11.5. The Morgan fingerprint density at radius 1 is 1.40 bits per heavy atom. The van der Waals surface area contributed by atoms with Crippen molar-refractivity contribution in [3.63, 3.8) is 0 Å². The van der Waals surface area contributed by atoms with Crippen LogP contribution in [0.25, 0.3) is 0 Å². The van der Waals surface area contributed by atoms with E-state index in [1.807, 2.05) is 0 Å². The van der Waals surface area contributed by atoms with E-state index < -0.39 is 17.6 Å². The normalized spacial score (nSPS) is 23.6. The van der Waals surface area contributed by atoms with Gasteiger partial charge in [-0.3, -0.25) is 4.79 Å². The number of carbonyl (C=O) groups is 1. The fourth-order valence-electron chi connectivity index (χ4n) is 2.72. The van der Waals surface area contributed by atoms with Crippen molar-refractivity contribution in [2.45, 2.75) is 32.0 Å². The number of nitrogens with two attached hydrogens (primary N) is 1. The number of alkyl halides is 3. The minimum Gasteiger partial charge on any atom is -0.369 e. The lowest BCUT2D eigenvalue weighted by Gasteiger charge is -2.32. The van der Waals surface area contributed by atoms with Crippen molar-refractivity contribution in [3.8, 4) is 0 Å². The van der Waals surface area contributed by atoms with E-state index in [2.05, 4.69) is 5.32 Å². The zero-order valence-corrected chi connectivity index (χ0v) is 11.1. The van der Waals surface area contributed by atoms with Crippen molar-refractivity contribution in [1.29, 1.82) is 0 Å². The van der Waals surface area contributed by atoms with E-state index >= 15 is 0 Å². The molecule has 110 valence electrons. The summed E-state index contributed by atoms with van der Waals surface area (Å²) in [5, 5.41) is 3.18. The molecule has 1 aliphatic heterocycles. The molecule has 1 heterocycles. The van der Waals surface area contributed by atoms with Crippen LogP contribution in [0.5, 0.6) is 0 Å². The molecule has 0 radical (unpaired) electrons. The summed E-state index contributed by atoms with van der Waals surface area (Å²) in [6.45, 7) is 2.35. The molecule has 1 aromatic carbocycles. The Bertz CT molecular complexity index is 514. The van der Waals surface area contributed by atoms with Crippen molar-refractivity contribution < 1.29 is 18.0 Å². The van der Waals surface area contributed by atoms with Gasteiger partial charge < -0.3 is 11.1 Å². The maximum Gasteiger partial charge on any atom is 0.416 e. The fourth-order valence-corrected chi connectivity index (χ4v) is 2.72. The van der Waals surface area contributed by atoms with E-state index in [1.54, 1.807) is 6.92 Å². The standard InChI is InChI=1S/C14H17F3N2O/c1-8-7-9(14(15,16)17)4-5-10(8)12-11(13(18)20)3-2-6-19-12/h4-5,7,11-12,19H,2-3,6H2,1H3,(H2,18,20). The molecular weight excluding hydrogens is 269 g/mol. The first-order chi connectivity index (χ1) is 9.30. The maximum absolute atomic E-state index is 12.7. The Morgan fingerprint density at radius 2 is 2.10 bits per heavy atom. The predicted molar refractivity (Wildman–Crippen MR) is 68.8 cm³/mol. The van der Waals surface area contributed by atoms with Crippen LogP contribution >= 0.6 is 0 Å². The highest BCUT2D eigenvalue weighted by Gasteiger charge is 2.34. The summed E-state index contributed by atoms with van der Waals surface area (Å²) in [7, 11) is 0. The van der Waals surface area contributed by atoms with E-state index in [-0.39, 0.29) is 12.0 Å². The van der Waals surface area contributed by atoms with Gasteiger partial charge in [-0.15, -0.1) is 0 Å². The first-order valence-corrected chi connectivity index (χ1v) is 6.51. The highest BCUT2D eigenvalue weighted by Crippen LogP contribution is 2.35. The maximum atomic E-state index is 12.7. The van der Waals surface area contributed by atoms with E-state index in [0.717, 1.165) is 25.1 Å². The van der Waals surface area contributed by atoms with E-state index in [9.17, 15) is 18.0 Å². The number of aryl methyl sites for hydroxylation is 1. The number of halogens is 3. The molecule has 1 aliphatic rings. The zero-order chi connectivity index (χ0) is 14.9. The molecule has 6 heteroatoms. The molecule has 3 nitrogen and oxygen atoms in total. The molecule has 0 bridgehead atoms. The molecule has 1 fully saturated rings. The smallest absolute Gasteiger partial charge is 0.369 e. The van der Waals surface area contributed by atoms with Crippen molar-refractivity contribution in [2.75, 3.05) is 6.54 Å². The number of benzene rings is 1. The molecule has 1 aromatic rings. The molecule has 20 heavy (non-hydrogen) atoms. The SMILES string of the molecule is Cc1cc(C(F)(F)F)ccc1C1NCCCC1C(N)=O. The van der Waals surface area contributed by atoms with E-state index in [4.69, 9.17) is 5.73 Å². The third-order valence-corrected chi connectivity index (χ3v) is 3.76. The van der Waals surface area contributed by atoms with Gasteiger partial charge in [-0.2, -0.15) is 13.2 Å². The van der Waals surface area contributed by atoms with Gasteiger partial charge in [-0.25, -0.2) is 0 Å². The van der Waals surface area contributed by atoms with Crippen LogP contribution in [0.1, 0.15) is 35.6 Å². The lowest BCUT2D eigenvalue weighted by molar-refractivity contribution is -0.137. The van der Waals surface area contributed by atoms with Gasteiger partial charge in [0.1, 0.15) is 0 Å². The van der Waals surface area contributed by atoms with Crippen LogP contribution in [0, 0.1) is 12.8 Å². The minimum absolute atomic E-state index is 0.302. The molecule has 0 spiro atoms. The number of piperidine rings is 1. The van der Waals surface area contributed by atoms with Gasteiger partial charge in [0.05, 0.1) is 11.5 Å².